The van der Waals surface area contributed by atoms with Crippen LogP contribution in [0, 0.1) is 11.6 Å². The molecule has 3 aromatic rings. The summed E-state index contributed by atoms with van der Waals surface area (Å²) in [6, 6.07) is 2.54. The molecule has 2 N–H and O–H groups in total. The normalized spacial score (nSPS) is 16.5. The van der Waals surface area contributed by atoms with Gasteiger partial charge in [0.2, 0.25) is 0 Å². The van der Waals surface area contributed by atoms with Crippen LogP contribution in [-0.4, -0.2) is 70.6 Å². The second-order valence-corrected chi connectivity index (χ2v) is 8.05. The lowest BCUT2D eigenvalue weighted by molar-refractivity contribution is 0.0907. The van der Waals surface area contributed by atoms with E-state index in [4.69, 9.17) is 22.1 Å². The van der Waals surface area contributed by atoms with Crippen molar-refractivity contribution in [3.63, 3.8) is 0 Å². The van der Waals surface area contributed by atoms with Crippen molar-refractivity contribution in [1.82, 2.24) is 24.8 Å². The number of fused-ring (bicyclic) bond motifs is 1. The molecule has 3 heterocycles. The molecule has 0 spiro atoms. The van der Waals surface area contributed by atoms with Gasteiger partial charge in [-0.15, -0.1) is 0 Å². The van der Waals surface area contributed by atoms with Gasteiger partial charge in [-0.2, -0.15) is 0 Å². The number of hydrogen-bond donors (Lipinski definition) is 1. The van der Waals surface area contributed by atoms with Gasteiger partial charge in [0.15, 0.2) is 11.6 Å². The van der Waals surface area contributed by atoms with Gasteiger partial charge in [0, 0.05) is 37.8 Å². The van der Waals surface area contributed by atoms with Gasteiger partial charge in [-0.25, -0.2) is 23.7 Å². The minimum absolute atomic E-state index is 0.0202. The molecule has 1 fully saturated rings. The number of ether oxygens (including phenoxy) is 1. The number of nitrogen functional groups attached to an aromatic ring is 1. The van der Waals surface area contributed by atoms with Crippen LogP contribution in [0.4, 0.5) is 14.6 Å². The zero-order chi connectivity index (χ0) is 22.1. The third-order valence-electron chi connectivity index (χ3n) is 5.59. The van der Waals surface area contributed by atoms with Crippen molar-refractivity contribution in [2.75, 3.05) is 45.6 Å². The van der Waals surface area contributed by atoms with Crippen LogP contribution in [0.2, 0.25) is 5.02 Å². The van der Waals surface area contributed by atoms with Crippen LogP contribution < -0.4 is 10.5 Å². The molecule has 0 aliphatic carbocycles. The second-order valence-electron chi connectivity index (χ2n) is 7.68. The molecule has 1 unspecified atom stereocenters. The molecule has 1 saturated heterocycles. The van der Waals surface area contributed by atoms with E-state index in [1.165, 1.54) is 18.6 Å². The monoisotopic (exact) mass is 448 g/mol. The summed E-state index contributed by atoms with van der Waals surface area (Å²) in [7, 11) is 2.11. The van der Waals surface area contributed by atoms with E-state index in [0.29, 0.717) is 23.3 Å². The lowest BCUT2D eigenvalue weighted by Gasteiger charge is -2.36. The first-order valence-electron chi connectivity index (χ1n) is 9.95. The first-order chi connectivity index (χ1) is 14.9. The number of halogens is 3. The summed E-state index contributed by atoms with van der Waals surface area (Å²) in [6.45, 7) is 6.48. The Morgan fingerprint density at radius 3 is 2.65 bits per heavy atom. The Kier molecular flexibility index (Phi) is 6.17. The molecule has 1 aliphatic rings. The standard InChI is InChI=1S/C21H23ClF2N6O/c1-12(30-7-5-29(2)6-8-30)10-31-15-9-26-19(20-16(15)21(25)28-11-27-20)13-3-4-14(23)17(22)18(13)24/h3-4,9,11-12H,5-8,10H2,1-2H3,(H2,25,27,28). The zero-order valence-electron chi connectivity index (χ0n) is 17.3. The van der Waals surface area contributed by atoms with Crippen LogP contribution >= 0.6 is 11.6 Å². The molecule has 0 bridgehead atoms. The van der Waals surface area contributed by atoms with Crippen molar-refractivity contribution in [1.29, 1.82) is 0 Å². The Hall–Kier alpha value is -2.62. The molecule has 0 amide bonds. The second kappa shape index (κ2) is 8.86. The van der Waals surface area contributed by atoms with Crippen LogP contribution in [0.5, 0.6) is 5.75 Å². The summed E-state index contributed by atoms with van der Waals surface area (Å²) < 4.78 is 34.3. The largest absolute Gasteiger partial charge is 0.489 e. The minimum Gasteiger partial charge on any atom is -0.489 e. The van der Waals surface area contributed by atoms with Crippen LogP contribution in [0.15, 0.2) is 24.7 Å². The minimum atomic E-state index is -0.912. The van der Waals surface area contributed by atoms with Crippen molar-refractivity contribution in [3.8, 4) is 17.0 Å². The van der Waals surface area contributed by atoms with E-state index in [1.807, 2.05) is 0 Å². The fraction of sp³-hybridized carbons (Fsp3) is 0.381. The highest BCUT2D eigenvalue weighted by Crippen LogP contribution is 2.36. The maximum atomic E-state index is 14.6. The highest BCUT2D eigenvalue weighted by atomic mass is 35.5. The number of benzene rings is 1. The number of piperazine rings is 1. The van der Waals surface area contributed by atoms with E-state index >= 15 is 0 Å². The maximum absolute atomic E-state index is 14.6. The fourth-order valence-electron chi connectivity index (χ4n) is 3.66. The van der Waals surface area contributed by atoms with Gasteiger partial charge in [-0.3, -0.25) is 4.90 Å². The molecule has 0 saturated carbocycles. The molecule has 1 atom stereocenters. The zero-order valence-corrected chi connectivity index (χ0v) is 18.0. The fourth-order valence-corrected chi connectivity index (χ4v) is 3.83. The SMILES string of the molecule is CC(COc1cnc(-c2ccc(F)c(Cl)c2F)c2ncnc(N)c12)N1CCN(C)CC1. The molecule has 7 nitrogen and oxygen atoms in total. The average molecular weight is 449 g/mol. The van der Waals surface area contributed by atoms with Crippen molar-refractivity contribution in [2.45, 2.75) is 13.0 Å². The van der Waals surface area contributed by atoms with E-state index in [0.717, 1.165) is 32.2 Å². The summed E-state index contributed by atoms with van der Waals surface area (Å²) >= 11 is 5.75. The highest BCUT2D eigenvalue weighted by Gasteiger charge is 2.22. The molecular formula is C21H23ClF2N6O. The number of aromatic nitrogens is 3. The molecular weight excluding hydrogens is 426 g/mol. The van der Waals surface area contributed by atoms with Crippen LogP contribution in [0.1, 0.15) is 6.92 Å². The Morgan fingerprint density at radius 1 is 1.16 bits per heavy atom. The molecule has 1 aliphatic heterocycles. The van der Waals surface area contributed by atoms with Gasteiger partial charge in [0.25, 0.3) is 0 Å². The predicted molar refractivity (Wildman–Crippen MR) is 116 cm³/mol. The molecule has 31 heavy (non-hydrogen) atoms. The Bertz CT molecular complexity index is 1110. The molecule has 0 radical (unpaired) electrons. The summed E-state index contributed by atoms with van der Waals surface area (Å²) in [5.41, 5.74) is 6.61. The Morgan fingerprint density at radius 2 is 1.90 bits per heavy atom. The number of rotatable bonds is 5. The molecule has 1 aromatic carbocycles. The van der Waals surface area contributed by atoms with Crippen LogP contribution in [0.25, 0.3) is 22.2 Å². The Balaban J connectivity index is 1.66. The molecule has 4 rings (SSSR count). The predicted octanol–water partition coefficient (Wildman–Crippen LogP) is 3.22. The number of nitrogens with two attached hydrogens (primary N) is 1. The average Bonchev–Trinajstić information content (AvgIpc) is 2.77. The topological polar surface area (TPSA) is 80.4 Å². The number of likely N-dealkylation sites (N-methyl/N-ethyl adjacent to an activating group) is 1. The first-order valence-corrected chi connectivity index (χ1v) is 10.3. The number of nitrogens with zero attached hydrogens (tertiary/aromatic N) is 5. The summed E-state index contributed by atoms with van der Waals surface area (Å²) in [5, 5.41) is -0.172. The highest BCUT2D eigenvalue weighted by molar-refractivity contribution is 6.31. The van der Waals surface area contributed by atoms with Crippen molar-refractivity contribution < 1.29 is 13.5 Å². The van der Waals surface area contributed by atoms with Gasteiger partial charge < -0.3 is 15.4 Å². The van der Waals surface area contributed by atoms with Crippen molar-refractivity contribution >= 4 is 28.3 Å². The van der Waals surface area contributed by atoms with Gasteiger partial charge in [-0.05, 0) is 26.1 Å². The quantitative estimate of drug-likeness (QED) is 0.600. The van der Waals surface area contributed by atoms with Crippen molar-refractivity contribution in [3.05, 3.63) is 41.3 Å². The van der Waals surface area contributed by atoms with E-state index in [1.54, 1.807) is 0 Å². The van der Waals surface area contributed by atoms with E-state index in [9.17, 15) is 8.78 Å². The van der Waals surface area contributed by atoms with Gasteiger partial charge in [-0.1, -0.05) is 11.6 Å². The number of pyridine rings is 1. The third kappa shape index (κ3) is 4.26. The first kappa shape index (κ1) is 21.6. The van der Waals surface area contributed by atoms with Crippen LogP contribution in [-0.2, 0) is 0 Å². The lowest BCUT2D eigenvalue weighted by Crippen LogP contribution is -2.49. The molecule has 2 aromatic heterocycles. The number of hydrogen-bond acceptors (Lipinski definition) is 7. The Labute approximate surface area is 183 Å². The van der Waals surface area contributed by atoms with Gasteiger partial charge >= 0.3 is 0 Å². The van der Waals surface area contributed by atoms with Gasteiger partial charge in [0.1, 0.15) is 35.1 Å². The van der Waals surface area contributed by atoms with Crippen LogP contribution in [0.3, 0.4) is 0 Å². The third-order valence-corrected chi connectivity index (χ3v) is 5.94. The maximum Gasteiger partial charge on any atom is 0.154 e. The smallest absolute Gasteiger partial charge is 0.154 e. The van der Waals surface area contributed by atoms with E-state index < -0.39 is 16.7 Å². The summed E-state index contributed by atoms with van der Waals surface area (Å²) in [5.74, 6) is -1.17. The molecule has 164 valence electrons. The lowest BCUT2D eigenvalue weighted by atomic mass is 10.1. The summed E-state index contributed by atoms with van der Waals surface area (Å²) in [4.78, 5) is 17.3. The van der Waals surface area contributed by atoms with E-state index in [-0.39, 0.29) is 23.1 Å². The van der Waals surface area contributed by atoms with Crippen molar-refractivity contribution in [2.24, 2.45) is 0 Å². The molecule has 10 heteroatoms. The number of anilines is 1. The van der Waals surface area contributed by atoms with E-state index in [2.05, 4.69) is 38.7 Å². The van der Waals surface area contributed by atoms with Gasteiger partial charge in [0.05, 0.1) is 17.3 Å². The summed E-state index contributed by atoms with van der Waals surface area (Å²) in [6.07, 6.45) is 2.73.